The zero-order valence-corrected chi connectivity index (χ0v) is 22.8. The second kappa shape index (κ2) is 9.94. The number of amides is 3. The zero-order valence-electron chi connectivity index (χ0n) is 21.2. The van der Waals surface area contributed by atoms with Gasteiger partial charge in [-0.05, 0) is 49.7 Å². The maximum atomic E-state index is 13.9. The summed E-state index contributed by atoms with van der Waals surface area (Å²) >= 11 is 2.22. The van der Waals surface area contributed by atoms with Crippen molar-refractivity contribution in [1.82, 2.24) is 9.55 Å². The predicted octanol–water partition coefficient (Wildman–Crippen LogP) is 4.36. The molecular weight excluding hydrogens is 532 g/mol. The van der Waals surface area contributed by atoms with E-state index in [1.54, 1.807) is 42.7 Å². The van der Waals surface area contributed by atoms with Gasteiger partial charge in [0.15, 0.2) is 0 Å². The normalized spacial score (nSPS) is 20.1. The fourth-order valence-electron chi connectivity index (χ4n) is 5.10. The zero-order chi connectivity index (χ0) is 27.3. The van der Waals surface area contributed by atoms with Gasteiger partial charge >= 0.3 is 4.87 Å². The molecule has 1 saturated heterocycles. The smallest absolute Gasteiger partial charge is 0.308 e. The lowest BCUT2D eigenvalue weighted by molar-refractivity contribution is -0.122. The van der Waals surface area contributed by atoms with Crippen LogP contribution in [0.2, 0.25) is 0 Å². The van der Waals surface area contributed by atoms with Crippen molar-refractivity contribution in [1.29, 1.82) is 0 Å². The third-order valence-electron chi connectivity index (χ3n) is 7.02. The van der Waals surface area contributed by atoms with E-state index in [4.69, 9.17) is 0 Å². The quantitative estimate of drug-likeness (QED) is 0.367. The van der Waals surface area contributed by atoms with E-state index < -0.39 is 17.1 Å². The molecule has 4 heterocycles. The van der Waals surface area contributed by atoms with E-state index in [9.17, 15) is 19.2 Å². The van der Waals surface area contributed by atoms with E-state index in [1.807, 2.05) is 44.2 Å². The highest BCUT2D eigenvalue weighted by Gasteiger charge is 2.56. The highest BCUT2D eigenvalue weighted by Crippen LogP contribution is 2.53. The van der Waals surface area contributed by atoms with Crippen LogP contribution in [0.25, 0.3) is 0 Å². The maximum absolute atomic E-state index is 13.9. The monoisotopic (exact) mass is 556 g/mol. The first-order valence-electron chi connectivity index (χ1n) is 12.4. The molecule has 10 heteroatoms. The largest absolute Gasteiger partial charge is 0.325 e. The van der Waals surface area contributed by atoms with Gasteiger partial charge in [0.25, 0.3) is 0 Å². The minimum absolute atomic E-state index is 0.202. The molecule has 2 aromatic carbocycles. The van der Waals surface area contributed by atoms with E-state index in [0.29, 0.717) is 21.3 Å². The molecule has 0 spiro atoms. The average molecular weight is 557 g/mol. The van der Waals surface area contributed by atoms with Crippen molar-refractivity contribution in [2.45, 2.75) is 36.6 Å². The molecule has 0 radical (unpaired) electrons. The lowest BCUT2D eigenvalue weighted by Crippen LogP contribution is -2.33. The molecule has 0 aliphatic carbocycles. The van der Waals surface area contributed by atoms with Crippen LogP contribution in [0, 0.1) is 19.8 Å². The molecule has 2 aliphatic heterocycles. The molecule has 0 bridgehead atoms. The molecule has 3 atom stereocenters. The molecule has 1 fully saturated rings. The summed E-state index contributed by atoms with van der Waals surface area (Å²) in [6, 6.07) is 18.3. The van der Waals surface area contributed by atoms with E-state index in [1.165, 1.54) is 21.2 Å². The van der Waals surface area contributed by atoms with Crippen LogP contribution >= 0.6 is 23.1 Å². The highest BCUT2D eigenvalue weighted by molar-refractivity contribution is 8.00. The van der Waals surface area contributed by atoms with Gasteiger partial charge in [-0.15, -0.1) is 0 Å². The molecule has 196 valence electrons. The van der Waals surface area contributed by atoms with E-state index >= 15 is 0 Å². The van der Waals surface area contributed by atoms with Crippen LogP contribution in [0.4, 0.5) is 11.4 Å². The van der Waals surface area contributed by atoms with Gasteiger partial charge in [-0.2, -0.15) is 0 Å². The van der Waals surface area contributed by atoms with Gasteiger partial charge in [-0.25, -0.2) is 4.90 Å². The Morgan fingerprint density at radius 2 is 1.64 bits per heavy atom. The van der Waals surface area contributed by atoms with Crippen LogP contribution < -0.4 is 15.1 Å². The van der Waals surface area contributed by atoms with Crippen molar-refractivity contribution in [2.75, 3.05) is 10.2 Å². The van der Waals surface area contributed by atoms with E-state index in [2.05, 4.69) is 10.3 Å². The number of aryl methyl sites for hydroxylation is 2. The Morgan fingerprint density at radius 3 is 2.31 bits per heavy atom. The molecule has 0 saturated carbocycles. The number of imide groups is 1. The summed E-state index contributed by atoms with van der Waals surface area (Å²) in [5.41, 5.74) is 3.99. The van der Waals surface area contributed by atoms with Gasteiger partial charge in [-0.3, -0.25) is 28.7 Å². The lowest BCUT2D eigenvalue weighted by Gasteiger charge is -2.30. The van der Waals surface area contributed by atoms with Crippen LogP contribution in [0.5, 0.6) is 0 Å². The number of thioether (sulfide) groups is 1. The van der Waals surface area contributed by atoms with Gasteiger partial charge < -0.3 is 5.32 Å². The van der Waals surface area contributed by atoms with Crippen molar-refractivity contribution in [3.05, 3.63) is 104 Å². The number of aromatic nitrogens is 2. The Balaban J connectivity index is 1.39. The Bertz CT molecular complexity index is 1650. The summed E-state index contributed by atoms with van der Waals surface area (Å²) in [6.45, 7) is 3.70. The fraction of sp³-hybridized carbons (Fsp3) is 0.207. The summed E-state index contributed by atoms with van der Waals surface area (Å²) in [7, 11) is 0. The number of anilines is 2. The first-order chi connectivity index (χ1) is 18.8. The molecule has 8 nitrogen and oxygen atoms in total. The molecule has 2 unspecified atom stereocenters. The number of nitrogens with zero attached hydrogens (tertiary/aromatic N) is 3. The van der Waals surface area contributed by atoms with Crippen LogP contribution in [0.3, 0.4) is 0 Å². The highest BCUT2D eigenvalue weighted by atomic mass is 32.2. The standard InChI is InChI=1S/C29H24N4O4S2/c1-16-5-9-19(10-6-16)31-21(34)15-32-28-25(39-29(32)37)22(18-4-3-13-30-14-18)23-24(38-28)27(36)33(26(23)35)20-11-7-17(2)8-12-20/h3-14,22-24H,15H2,1-2H3,(H,31,34)/t22-,23?,24?/m0/s1. The Kier molecular flexibility index (Phi) is 6.44. The fourth-order valence-corrected chi connectivity index (χ4v) is 7.88. The average Bonchev–Trinajstić information content (AvgIpc) is 3.37. The molecule has 3 amide bonds. The van der Waals surface area contributed by atoms with Gasteiger partial charge in [0, 0.05) is 28.9 Å². The maximum Gasteiger partial charge on any atom is 0.308 e. The SMILES string of the molecule is Cc1ccc(NC(=O)Cn2c3c(sc2=O)[C@@H](c2cccnc2)C2C(=O)N(c4ccc(C)cc4)C(=O)C2S3)cc1. The topological polar surface area (TPSA) is 101 Å². The molecule has 2 aliphatic rings. The molecule has 6 rings (SSSR count). The number of pyridine rings is 1. The molecular formula is C29H24N4O4S2. The number of carbonyl (C=O) groups is 3. The van der Waals surface area contributed by atoms with Crippen LogP contribution in [-0.4, -0.2) is 32.5 Å². The van der Waals surface area contributed by atoms with Crippen LogP contribution in [0.1, 0.15) is 27.5 Å². The number of hydrogen-bond acceptors (Lipinski definition) is 7. The summed E-state index contributed by atoms with van der Waals surface area (Å²) in [5, 5.41) is 2.65. The molecule has 39 heavy (non-hydrogen) atoms. The first-order valence-corrected chi connectivity index (χ1v) is 14.1. The van der Waals surface area contributed by atoms with Crippen molar-refractivity contribution < 1.29 is 14.4 Å². The second-order valence-corrected chi connectivity index (χ2v) is 11.8. The number of benzene rings is 2. The number of rotatable bonds is 5. The Hall–Kier alpha value is -4.02. The van der Waals surface area contributed by atoms with Crippen LogP contribution in [0.15, 0.2) is 82.9 Å². The van der Waals surface area contributed by atoms with E-state index in [0.717, 1.165) is 28.0 Å². The predicted molar refractivity (Wildman–Crippen MR) is 151 cm³/mol. The van der Waals surface area contributed by atoms with Gasteiger partial charge in [0.2, 0.25) is 17.7 Å². The third kappa shape index (κ3) is 4.49. The molecule has 4 aromatic rings. The van der Waals surface area contributed by atoms with Gasteiger partial charge in [-0.1, -0.05) is 64.6 Å². The van der Waals surface area contributed by atoms with Crippen molar-refractivity contribution in [3.63, 3.8) is 0 Å². The minimum Gasteiger partial charge on any atom is -0.325 e. The number of thiazole rings is 1. The second-order valence-electron chi connectivity index (χ2n) is 9.71. The van der Waals surface area contributed by atoms with E-state index in [-0.39, 0.29) is 29.1 Å². The van der Waals surface area contributed by atoms with Crippen molar-refractivity contribution >= 4 is 52.2 Å². The summed E-state index contributed by atoms with van der Waals surface area (Å²) in [6.07, 6.45) is 3.31. The minimum atomic E-state index is -0.739. The number of carbonyl (C=O) groups excluding carboxylic acids is 3. The van der Waals surface area contributed by atoms with Gasteiger partial charge in [0.05, 0.1) is 16.6 Å². The molecule has 2 aromatic heterocycles. The number of fused-ring (bicyclic) bond motifs is 2. The van der Waals surface area contributed by atoms with Crippen molar-refractivity contribution in [3.8, 4) is 0 Å². The summed E-state index contributed by atoms with van der Waals surface area (Å²) < 4.78 is 1.42. The summed E-state index contributed by atoms with van der Waals surface area (Å²) in [5.74, 6) is -2.21. The first kappa shape index (κ1) is 25.3. The number of hydrogen-bond donors (Lipinski definition) is 1. The number of nitrogens with one attached hydrogen (secondary N) is 1. The third-order valence-corrected chi connectivity index (χ3v) is 9.63. The van der Waals surface area contributed by atoms with Gasteiger partial charge in [0.1, 0.15) is 11.8 Å². The van der Waals surface area contributed by atoms with Crippen LogP contribution in [-0.2, 0) is 20.9 Å². The van der Waals surface area contributed by atoms with Crippen molar-refractivity contribution in [2.24, 2.45) is 5.92 Å². The lowest BCUT2D eigenvalue weighted by atomic mass is 9.84. The summed E-state index contributed by atoms with van der Waals surface area (Å²) in [4.78, 5) is 59.6. The molecule has 1 N–H and O–H groups in total. The Morgan fingerprint density at radius 1 is 0.949 bits per heavy atom. The Labute approximate surface area is 232 Å².